The average molecular weight is 476 g/mol. The number of rotatable bonds is 7. The van der Waals surface area contributed by atoms with E-state index in [0.29, 0.717) is 18.1 Å². The molecule has 1 N–H and O–H groups in total. The number of carbonyl (C=O) groups is 1. The van der Waals surface area contributed by atoms with Gasteiger partial charge in [-0.15, -0.1) is 0 Å². The topological polar surface area (TPSA) is 41.6 Å². The third-order valence-electron chi connectivity index (χ3n) is 5.95. The van der Waals surface area contributed by atoms with Gasteiger partial charge in [-0.2, -0.15) is 26.3 Å². The van der Waals surface area contributed by atoms with Gasteiger partial charge < -0.3 is 15.0 Å². The third kappa shape index (κ3) is 5.61. The van der Waals surface area contributed by atoms with Crippen LogP contribution in [0.4, 0.5) is 26.3 Å². The number of hydrogen-bond donors (Lipinski definition) is 1. The maximum atomic E-state index is 13.8. The van der Waals surface area contributed by atoms with Crippen molar-refractivity contribution in [1.82, 2.24) is 10.2 Å². The summed E-state index contributed by atoms with van der Waals surface area (Å²) in [5.41, 5.74) is -4.38. The van der Waals surface area contributed by atoms with Crippen molar-refractivity contribution >= 4 is 5.91 Å². The van der Waals surface area contributed by atoms with Gasteiger partial charge in [0.15, 0.2) is 0 Å². The molecule has 2 aromatic carbocycles. The number of nitrogens with one attached hydrogen (secondary N) is 1. The van der Waals surface area contributed by atoms with Crippen LogP contribution >= 0.6 is 0 Å². The predicted octanol–water partition coefficient (Wildman–Crippen LogP) is 5.93. The molecule has 0 fully saturated rings. The summed E-state index contributed by atoms with van der Waals surface area (Å²) < 4.78 is 85.7. The lowest BCUT2D eigenvalue weighted by molar-refractivity contribution is -0.143. The van der Waals surface area contributed by atoms with E-state index in [1.807, 2.05) is 18.7 Å². The van der Waals surface area contributed by atoms with Crippen LogP contribution in [0.3, 0.4) is 0 Å². The number of halogens is 6. The zero-order valence-electron chi connectivity index (χ0n) is 18.9. The first-order valence-electron chi connectivity index (χ1n) is 10.1. The lowest BCUT2D eigenvalue weighted by Crippen LogP contribution is -2.52. The number of amides is 1. The Morgan fingerprint density at radius 3 is 2.03 bits per heavy atom. The SMILES string of the molecule is CCC(C)(C(NC(=O)c1c(OC)cc(C(F)(F)F)cc1C(F)(F)F)c1ccccc1)N(C)C. The molecular formula is C23H26F6N2O2. The van der Waals surface area contributed by atoms with Gasteiger partial charge in [0.1, 0.15) is 5.75 Å². The molecule has 0 aromatic heterocycles. The molecule has 0 saturated carbocycles. The highest BCUT2D eigenvalue weighted by Gasteiger charge is 2.43. The summed E-state index contributed by atoms with van der Waals surface area (Å²) in [6, 6.07) is 8.18. The van der Waals surface area contributed by atoms with Crippen LogP contribution in [0.2, 0.25) is 0 Å². The minimum absolute atomic E-state index is 0.0695. The second-order valence-electron chi connectivity index (χ2n) is 8.02. The number of ether oxygens (including phenoxy) is 1. The Hall–Kier alpha value is -2.75. The normalized spacial score (nSPS) is 15.2. The molecule has 0 aliphatic rings. The van der Waals surface area contributed by atoms with Gasteiger partial charge in [0, 0.05) is 5.54 Å². The second kappa shape index (κ2) is 9.62. The fourth-order valence-corrected chi connectivity index (χ4v) is 3.62. The van der Waals surface area contributed by atoms with Crippen molar-refractivity contribution in [2.75, 3.05) is 21.2 Å². The standard InChI is InChI=1S/C23H26F6N2O2/c1-6-21(2,31(3)4)19(14-10-8-7-9-11-14)30-20(32)18-16(23(27,28)29)12-15(22(24,25)26)13-17(18)33-5/h7-13,19H,6H2,1-5H3,(H,30,32). The van der Waals surface area contributed by atoms with Crippen LogP contribution in [0.5, 0.6) is 5.75 Å². The van der Waals surface area contributed by atoms with Crippen molar-refractivity contribution in [2.24, 2.45) is 0 Å². The van der Waals surface area contributed by atoms with Crippen LogP contribution in [0, 0.1) is 0 Å². The molecule has 0 spiro atoms. The fraction of sp³-hybridized carbons (Fsp3) is 0.435. The molecule has 2 aromatic rings. The smallest absolute Gasteiger partial charge is 0.417 e. The van der Waals surface area contributed by atoms with Crippen LogP contribution in [0.15, 0.2) is 42.5 Å². The van der Waals surface area contributed by atoms with Crippen LogP contribution in [0.25, 0.3) is 0 Å². The number of benzene rings is 2. The largest absolute Gasteiger partial charge is 0.496 e. The van der Waals surface area contributed by atoms with Gasteiger partial charge in [0.2, 0.25) is 0 Å². The number of likely N-dealkylation sites (N-methyl/N-ethyl adjacent to an activating group) is 1. The van der Waals surface area contributed by atoms with E-state index in [1.54, 1.807) is 44.4 Å². The molecule has 1 amide bonds. The Labute approximate surface area is 188 Å². The first-order valence-corrected chi connectivity index (χ1v) is 10.1. The number of methoxy groups -OCH3 is 1. The number of carbonyl (C=O) groups excluding carboxylic acids is 1. The van der Waals surface area contributed by atoms with E-state index in [2.05, 4.69) is 5.32 Å². The quantitative estimate of drug-likeness (QED) is 0.504. The van der Waals surface area contributed by atoms with Crippen molar-refractivity contribution < 1.29 is 35.9 Å². The molecule has 182 valence electrons. The van der Waals surface area contributed by atoms with Gasteiger partial charge in [-0.05, 0) is 45.1 Å². The van der Waals surface area contributed by atoms with Gasteiger partial charge in [0.05, 0.1) is 29.8 Å². The molecule has 0 aliphatic carbocycles. The molecule has 0 bridgehead atoms. The van der Waals surface area contributed by atoms with Crippen molar-refractivity contribution in [3.05, 3.63) is 64.7 Å². The van der Waals surface area contributed by atoms with Crippen molar-refractivity contribution in [3.63, 3.8) is 0 Å². The highest BCUT2D eigenvalue weighted by atomic mass is 19.4. The molecule has 2 unspecified atom stereocenters. The highest BCUT2D eigenvalue weighted by Crippen LogP contribution is 2.42. The molecular weight excluding hydrogens is 450 g/mol. The zero-order valence-corrected chi connectivity index (χ0v) is 18.9. The summed E-state index contributed by atoms with van der Waals surface area (Å²) in [5, 5.41) is 2.63. The van der Waals surface area contributed by atoms with E-state index in [1.165, 1.54) is 0 Å². The molecule has 4 nitrogen and oxygen atoms in total. The zero-order chi connectivity index (χ0) is 25.2. The fourth-order valence-electron chi connectivity index (χ4n) is 3.62. The summed E-state index contributed by atoms with van der Waals surface area (Å²) in [6.07, 6.45) is -9.77. The second-order valence-corrected chi connectivity index (χ2v) is 8.02. The van der Waals surface area contributed by atoms with E-state index >= 15 is 0 Å². The average Bonchev–Trinajstić information content (AvgIpc) is 2.74. The predicted molar refractivity (Wildman–Crippen MR) is 112 cm³/mol. The molecule has 0 aliphatic heterocycles. The first kappa shape index (κ1) is 26.5. The summed E-state index contributed by atoms with van der Waals surface area (Å²) >= 11 is 0. The van der Waals surface area contributed by atoms with Crippen molar-refractivity contribution in [2.45, 2.75) is 44.2 Å². The van der Waals surface area contributed by atoms with Gasteiger partial charge in [0.25, 0.3) is 5.91 Å². The lowest BCUT2D eigenvalue weighted by atomic mass is 9.83. The third-order valence-corrected chi connectivity index (χ3v) is 5.95. The number of hydrogen-bond acceptors (Lipinski definition) is 3. The Kier molecular flexibility index (Phi) is 7.73. The first-order chi connectivity index (χ1) is 15.2. The van der Waals surface area contributed by atoms with Gasteiger partial charge in [-0.1, -0.05) is 37.3 Å². The van der Waals surface area contributed by atoms with E-state index < -0.39 is 52.3 Å². The van der Waals surface area contributed by atoms with E-state index in [0.717, 1.165) is 7.11 Å². The van der Waals surface area contributed by atoms with E-state index in [9.17, 15) is 31.1 Å². The van der Waals surface area contributed by atoms with Gasteiger partial charge in [-0.3, -0.25) is 4.79 Å². The lowest BCUT2D eigenvalue weighted by Gasteiger charge is -2.43. The molecule has 0 radical (unpaired) electrons. The Balaban J connectivity index is 2.69. The van der Waals surface area contributed by atoms with Crippen molar-refractivity contribution in [1.29, 1.82) is 0 Å². The highest BCUT2D eigenvalue weighted by molar-refractivity contribution is 5.99. The van der Waals surface area contributed by atoms with Crippen LogP contribution in [0.1, 0.15) is 53.4 Å². The summed E-state index contributed by atoms with van der Waals surface area (Å²) in [7, 11) is 4.45. The summed E-state index contributed by atoms with van der Waals surface area (Å²) in [4.78, 5) is 15.1. The Morgan fingerprint density at radius 2 is 1.61 bits per heavy atom. The summed E-state index contributed by atoms with van der Waals surface area (Å²) in [6.45, 7) is 3.70. The van der Waals surface area contributed by atoms with E-state index in [-0.39, 0.29) is 6.07 Å². The van der Waals surface area contributed by atoms with Crippen LogP contribution < -0.4 is 10.1 Å². The summed E-state index contributed by atoms with van der Waals surface area (Å²) in [5.74, 6) is -2.01. The number of alkyl halides is 6. The molecule has 2 rings (SSSR count). The van der Waals surface area contributed by atoms with E-state index in [4.69, 9.17) is 4.74 Å². The minimum Gasteiger partial charge on any atom is -0.496 e. The Morgan fingerprint density at radius 1 is 1.03 bits per heavy atom. The maximum absolute atomic E-state index is 13.8. The molecule has 2 atom stereocenters. The molecule has 33 heavy (non-hydrogen) atoms. The number of nitrogens with zero attached hydrogens (tertiary/aromatic N) is 1. The van der Waals surface area contributed by atoms with Crippen molar-refractivity contribution in [3.8, 4) is 5.75 Å². The van der Waals surface area contributed by atoms with Crippen LogP contribution in [-0.2, 0) is 12.4 Å². The maximum Gasteiger partial charge on any atom is 0.417 e. The van der Waals surface area contributed by atoms with Crippen LogP contribution in [-0.4, -0.2) is 37.6 Å². The Bertz CT molecular complexity index is 973. The molecule has 0 heterocycles. The minimum atomic E-state index is -5.22. The molecule has 10 heteroatoms. The van der Waals surface area contributed by atoms with Gasteiger partial charge in [-0.25, -0.2) is 0 Å². The van der Waals surface area contributed by atoms with Gasteiger partial charge >= 0.3 is 12.4 Å². The molecule has 0 saturated heterocycles. The monoisotopic (exact) mass is 476 g/mol.